The van der Waals surface area contributed by atoms with Crippen LogP contribution in [0.4, 0.5) is 17.2 Å². The molecule has 0 spiro atoms. The number of hydrogen-bond donors (Lipinski definition) is 2. The molecule has 2 N–H and O–H groups in total. The zero-order valence-electron chi connectivity index (χ0n) is 20.2. The van der Waals surface area contributed by atoms with Gasteiger partial charge < -0.3 is 20.2 Å². The maximum Gasteiger partial charge on any atom is 0.225 e. The largest absolute Gasteiger partial charge is 0.396 e. The van der Waals surface area contributed by atoms with Crippen molar-refractivity contribution in [2.45, 2.75) is 51.0 Å². The number of carbonyl (C=O) groups is 1. The third-order valence-corrected chi connectivity index (χ3v) is 7.32. The van der Waals surface area contributed by atoms with E-state index in [1.807, 2.05) is 24.0 Å². The summed E-state index contributed by atoms with van der Waals surface area (Å²) < 4.78 is 0. The number of nitrogens with one attached hydrogen (secondary N) is 1. The molecular weight excluding hydrogens is 440 g/mol. The number of rotatable bonds is 8. The number of amides is 1. The monoisotopic (exact) mass is 472 g/mol. The summed E-state index contributed by atoms with van der Waals surface area (Å²) in [6.07, 6.45) is 8.04. The lowest BCUT2D eigenvalue weighted by Crippen LogP contribution is -2.56. The van der Waals surface area contributed by atoms with Crippen LogP contribution in [0.3, 0.4) is 0 Å². The van der Waals surface area contributed by atoms with Crippen LogP contribution in [-0.4, -0.2) is 58.2 Å². The molecule has 3 aliphatic rings. The molecule has 8 heteroatoms. The molecule has 8 nitrogen and oxygen atoms in total. The lowest BCUT2D eigenvalue weighted by Gasteiger charge is -2.43. The molecule has 2 aliphatic carbocycles. The van der Waals surface area contributed by atoms with Gasteiger partial charge in [-0.05, 0) is 62.3 Å². The van der Waals surface area contributed by atoms with Gasteiger partial charge in [0.15, 0.2) is 0 Å². The minimum atomic E-state index is -0.124. The Labute approximate surface area is 206 Å². The first-order valence-corrected chi connectivity index (χ1v) is 12.5. The lowest BCUT2D eigenvalue weighted by molar-refractivity contribution is -0.135. The quantitative estimate of drug-likeness (QED) is 0.603. The van der Waals surface area contributed by atoms with Gasteiger partial charge in [0.2, 0.25) is 5.91 Å². The molecule has 0 unspecified atom stereocenters. The lowest BCUT2D eigenvalue weighted by atomic mass is 10.0. The Morgan fingerprint density at radius 2 is 2.14 bits per heavy atom. The van der Waals surface area contributed by atoms with E-state index >= 15 is 0 Å². The van der Waals surface area contributed by atoms with E-state index in [1.54, 1.807) is 12.3 Å². The topological polar surface area (TPSA) is 105 Å². The van der Waals surface area contributed by atoms with Gasteiger partial charge in [0.1, 0.15) is 11.9 Å². The fourth-order valence-electron chi connectivity index (χ4n) is 5.10. The summed E-state index contributed by atoms with van der Waals surface area (Å²) in [7, 11) is 0. The molecule has 2 aromatic rings. The Morgan fingerprint density at radius 1 is 1.34 bits per heavy atom. The van der Waals surface area contributed by atoms with Crippen molar-refractivity contribution in [3.05, 3.63) is 47.4 Å². The average molecular weight is 473 g/mol. The fourth-order valence-corrected chi connectivity index (χ4v) is 5.10. The Hall–Kier alpha value is -3.44. The number of aliphatic hydroxyl groups excluding tert-OH is 1. The molecule has 1 aliphatic heterocycles. The first-order valence-electron chi connectivity index (χ1n) is 12.5. The number of pyridine rings is 2. The van der Waals surface area contributed by atoms with Crippen molar-refractivity contribution in [3.8, 4) is 6.07 Å². The van der Waals surface area contributed by atoms with Gasteiger partial charge in [-0.3, -0.25) is 9.78 Å². The third-order valence-electron chi connectivity index (χ3n) is 7.32. The van der Waals surface area contributed by atoms with Gasteiger partial charge in [0.05, 0.1) is 35.3 Å². The number of anilines is 3. The maximum absolute atomic E-state index is 12.6. The number of piperazine rings is 1. The van der Waals surface area contributed by atoms with Gasteiger partial charge in [-0.25, -0.2) is 4.98 Å². The molecule has 2 saturated carbocycles. The molecule has 0 aromatic carbocycles. The smallest absolute Gasteiger partial charge is 0.225 e. The van der Waals surface area contributed by atoms with Crippen molar-refractivity contribution in [1.29, 1.82) is 5.26 Å². The van der Waals surface area contributed by atoms with Crippen molar-refractivity contribution >= 4 is 29.2 Å². The maximum atomic E-state index is 12.6. The van der Waals surface area contributed by atoms with Crippen LogP contribution < -0.4 is 10.2 Å². The second-order valence-corrected chi connectivity index (χ2v) is 9.79. The van der Waals surface area contributed by atoms with Crippen molar-refractivity contribution in [3.63, 3.8) is 0 Å². The molecule has 3 fully saturated rings. The summed E-state index contributed by atoms with van der Waals surface area (Å²) in [6.45, 7) is 7.57. The molecule has 1 amide bonds. The second kappa shape index (κ2) is 9.67. The molecule has 5 rings (SSSR count). The summed E-state index contributed by atoms with van der Waals surface area (Å²) in [4.78, 5) is 26.2. The van der Waals surface area contributed by atoms with E-state index in [0.717, 1.165) is 59.8 Å². The number of aromatic nitrogens is 2. The molecule has 0 bridgehead atoms. The molecule has 2 aromatic heterocycles. The van der Waals surface area contributed by atoms with Gasteiger partial charge in [-0.1, -0.05) is 6.58 Å². The Morgan fingerprint density at radius 3 is 2.80 bits per heavy atom. The predicted octanol–water partition coefficient (Wildman–Crippen LogP) is 3.73. The van der Waals surface area contributed by atoms with E-state index in [1.165, 1.54) is 0 Å². The highest BCUT2D eigenvalue weighted by molar-refractivity contribution is 5.78. The Kier molecular flexibility index (Phi) is 6.44. The van der Waals surface area contributed by atoms with Crippen LogP contribution in [0.1, 0.15) is 60.5 Å². The predicted molar refractivity (Wildman–Crippen MR) is 135 cm³/mol. The minimum Gasteiger partial charge on any atom is -0.396 e. The molecule has 0 radical (unpaired) electrons. The van der Waals surface area contributed by atoms with E-state index in [4.69, 9.17) is 4.98 Å². The number of aliphatic hydroxyl groups is 1. The number of nitrogens with zero attached hydrogens (tertiary/aromatic N) is 5. The average Bonchev–Trinajstić information content (AvgIpc) is 3.78. The highest BCUT2D eigenvalue weighted by atomic mass is 16.3. The second-order valence-electron chi connectivity index (χ2n) is 9.79. The summed E-state index contributed by atoms with van der Waals surface area (Å²) in [5.74, 6) is 1.62. The summed E-state index contributed by atoms with van der Waals surface area (Å²) in [6, 6.07) is 6.37. The van der Waals surface area contributed by atoms with Gasteiger partial charge >= 0.3 is 0 Å². The zero-order chi connectivity index (χ0) is 24.5. The summed E-state index contributed by atoms with van der Waals surface area (Å²) >= 11 is 0. The highest BCUT2D eigenvalue weighted by Crippen LogP contribution is 2.46. The number of carbonyl (C=O) groups excluding carboxylic acids is 1. The molecule has 182 valence electrons. The fraction of sp³-hybridized carbons (Fsp3) is 0.481. The van der Waals surface area contributed by atoms with Crippen LogP contribution in [0, 0.1) is 24.2 Å². The SMILES string of the molecule is C=Cc1cc(Nc2c(C3CC3)nc(N3CCN(C(=O)CCO)[C@H](C4CC4)C3)c(C#N)c2C)ccn1. The van der Waals surface area contributed by atoms with Crippen LogP contribution in [0.15, 0.2) is 24.9 Å². The molecule has 3 heterocycles. The van der Waals surface area contributed by atoms with Crippen LogP contribution in [0.25, 0.3) is 6.08 Å². The van der Waals surface area contributed by atoms with Gasteiger partial charge in [0.25, 0.3) is 0 Å². The van der Waals surface area contributed by atoms with E-state index in [-0.39, 0.29) is 25.0 Å². The third kappa shape index (κ3) is 4.73. The minimum absolute atomic E-state index is 0.0168. The van der Waals surface area contributed by atoms with E-state index in [2.05, 4.69) is 27.8 Å². The number of hydrogen-bond acceptors (Lipinski definition) is 7. The highest BCUT2D eigenvalue weighted by Gasteiger charge is 2.42. The van der Waals surface area contributed by atoms with Crippen LogP contribution in [-0.2, 0) is 4.79 Å². The molecular formula is C27H32N6O2. The first kappa shape index (κ1) is 23.3. The van der Waals surface area contributed by atoms with Gasteiger partial charge in [-0.15, -0.1) is 0 Å². The summed E-state index contributed by atoms with van der Waals surface area (Å²) in [5.41, 5.74) is 5.08. The van der Waals surface area contributed by atoms with Crippen LogP contribution in [0.5, 0.6) is 0 Å². The van der Waals surface area contributed by atoms with Crippen molar-refractivity contribution < 1.29 is 9.90 Å². The van der Waals surface area contributed by atoms with E-state index < -0.39 is 0 Å². The molecule has 1 saturated heterocycles. The van der Waals surface area contributed by atoms with Crippen molar-refractivity contribution in [1.82, 2.24) is 14.9 Å². The van der Waals surface area contributed by atoms with Crippen LogP contribution in [0.2, 0.25) is 0 Å². The summed E-state index contributed by atoms with van der Waals surface area (Å²) in [5, 5.41) is 23.0. The Bertz CT molecular complexity index is 1180. The molecule has 1 atom stereocenters. The van der Waals surface area contributed by atoms with Crippen LogP contribution >= 0.6 is 0 Å². The van der Waals surface area contributed by atoms with Gasteiger partial charge in [0, 0.05) is 43.9 Å². The van der Waals surface area contributed by atoms with Crippen molar-refractivity contribution in [2.24, 2.45) is 5.92 Å². The zero-order valence-corrected chi connectivity index (χ0v) is 20.2. The molecule has 35 heavy (non-hydrogen) atoms. The van der Waals surface area contributed by atoms with E-state index in [9.17, 15) is 15.2 Å². The van der Waals surface area contributed by atoms with Gasteiger partial charge in [-0.2, -0.15) is 5.26 Å². The van der Waals surface area contributed by atoms with E-state index in [0.29, 0.717) is 37.0 Å². The van der Waals surface area contributed by atoms with Crippen molar-refractivity contribution in [2.75, 3.05) is 36.5 Å². The standard InChI is InChI=1S/C27H32N6O2/c1-3-20-14-21(8-10-29-20)30-25-17(2)22(15-28)27(31-26(25)19-6-7-19)32-11-12-33(24(35)9-13-34)23(16-32)18-4-5-18/h3,8,10,14,18-19,23,34H,1,4-7,9,11-13,16H2,2H3,(H,29,30)/t23-/m0/s1. The number of nitriles is 1. The normalized spacial score (nSPS) is 19.9. The Balaban J connectivity index is 1.49. The first-order chi connectivity index (χ1) is 17.0.